The number of benzene rings is 2. The van der Waals surface area contributed by atoms with Crippen LogP contribution in [0.25, 0.3) is 6.08 Å². The third-order valence-electron chi connectivity index (χ3n) is 2.76. The normalized spacial score (nSPS) is 10.6. The second-order valence-electron chi connectivity index (χ2n) is 4.13. The van der Waals surface area contributed by atoms with E-state index in [1.807, 2.05) is 0 Å². The van der Waals surface area contributed by atoms with Crippen LogP contribution in [-0.2, 0) is 0 Å². The standard InChI is InChI=1S/C15H12N2O3/c16-14-4-2-1-3-13(14)15(18)10-7-11-5-8-12(9-6-11)17(19)20/h1-10H,16H2/b10-7+. The van der Waals surface area contributed by atoms with Gasteiger partial charge in [0.2, 0.25) is 0 Å². The summed E-state index contributed by atoms with van der Waals surface area (Å²) >= 11 is 0. The van der Waals surface area contributed by atoms with Gasteiger partial charge < -0.3 is 5.73 Å². The topological polar surface area (TPSA) is 86.2 Å². The molecule has 0 fully saturated rings. The Kier molecular flexibility index (Phi) is 3.91. The molecule has 0 amide bonds. The van der Waals surface area contributed by atoms with E-state index in [-0.39, 0.29) is 11.5 Å². The van der Waals surface area contributed by atoms with E-state index in [2.05, 4.69) is 0 Å². The van der Waals surface area contributed by atoms with Crippen molar-refractivity contribution in [2.45, 2.75) is 0 Å². The minimum atomic E-state index is -0.469. The molecule has 20 heavy (non-hydrogen) atoms. The van der Waals surface area contributed by atoms with Crippen molar-refractivity contribution >= 4 is 23.2 Å². The van der Waals surface area contributed by atoms with E-state index in [9.17, 15) is 14.9 Å². The fraction of sp³-hybridized carbons (Fsp3) is 0. The first-order valence-corrected chi connectivity index (χ1v) is 5.89. The number of hydrogen-bond donors (Lipinski definition) is 1. The summed E-state index contributed by atoms with van der Waals surface area (Å²) in [7, 11) is 0. The van der Waals surface area contributed by atoms with Gasteiger partial charge in [-0.2, -0.15) is 0 Å². The van der Waals surface area contributed by atoms with Crippen molar-refractivity contribution in [3.63, 3.8) is 0 Å². The number of nitrogens with zero attached hydrogens (tertiary/aromatic N) is 1. The van der Waals surface area contributed by atoms with Crippen LogP contribution in [0.5, 0.6) is 0 Å². The van der Waals surface area contributed by atoms with Gasteiger partial charge in [0.05, 0.1) is 4.92 Å². The number of nitrogen functional groups attached to an aromatic ring is 1. The number of nitro benzene ring substituents is 1. The quantitative estimate of drug-likeness (QED) is 0.303. The zero-order valence-corrected chi connectivity index (χ0v) is 10.5. The highest BCUT2D eigenvalue weighted by Gasteiger charge is 2.05. The smallest absolute Gasteiger partial charge is 0.269 e. The number of anilines is 1. The van der Waals surface area contributed by atoms with Crippen molar-refractivity contribution in [1.82, 2.24) is 0 Å². The number of para-hydroxylation sites is 1. The number of hydrogen-bond acceptors (Lipinski definition) is 4. The van der Waals surface area contributed by atoms with Crippen molar-refractivity contribution < 1.29 is 9.72 Å². The van der Waals surface area contributed by atoms with E-state index in [1.54, 1.807) is 42.5 Å². The van der Waals surface area contributed by atoms with E-state index >= 15 is 0 Å². The molecule has 0 spiro atoms. The van der Waals surface area contributed by atoms with Gasteiger partial charge in [0.15, 0.2) is 5.78 Å². The molecule has 0 aliphatic rings. The van der Waals surface area contributed by atoms with Crippen LogP contribution in [0.2, 0.25) is 0 Å². The van der Waals surface area contributed by atoms with E-state index in [0.717, 1.165) is 0 Å². The number of non-ortho nitro benzene ring substituents is 1. The second kappa shape index (κ2) is 5.79. The molecule has 0 heterocycles. The number of allylic oxidation sites excluding steroid dienone is 1. The van der Waals surface area contributed by atoms with E-state index in [0.29, 0.717) is 16.8 Å². The number of carbonyl (C=O) groups excluding carboxylic acids is 1. The van der Waals surface area contributed by atoms with Crippen molar-refractivity contribution in [2.24, 2.45) is 0 Å². The Morgan fingerprint density at radius 3 is 2.35 bits per heavy atom. The Balaban J connectivity index is 2.15. The number of carbonyl (C=O) groups is 1. The van der Waals surface area contributed by atoms with Crippen LogP contribution >= 0.6 is 0 Å². The van der Waals surface area contributed by atoms with E-state index in [4.69, 9.17) is 5.73 Å². The van der Waals surface area contributed by atoms with Gasteiger partial charge >= 0.3 is 0 Å². The summed E-state index contributed by atoms with van der Waals surface area (Å²) in [5.41, 5.74) is 7.29. The molecule has 5 heteroatoms. The summed E-state index contributed by atoms with van der Waals surface area (Å²) in [4.78, 5) is 22.0. The Morgan fingerprint density at radius 2 is 1.75 bits per heavy atom. The lowest BCUT2D eigenvalue weighted by Gasteiger charge is -2.00. The first kappa shape index (κ1) is 13.5. The van der Waals surface area contributed by atoms with Gasteiger partial charge in [-0.1, -0.05) is 18.2 Å². The Hall–Kier alpha value is -2.95. The Labute approximate surface area is 115 Å². The monoisotopic (exact) mass is 268 g/mol. The van der Waals surface area contributed by atoms with Gasteiger partial charge in [0.25, 0.3) is 5.69 Å². The highest BCUT2D eigenvalue weighted by atomic mass is 16.6. The average Bonchev–Trinajstić information content (AvgIpc) is 2.45. The minimum Gasteiger partial charge on any atom is -0.398 e. The first-order valence-electron chi connectivity index (χ1n) is 5.89. The molecule has 0 bridgehead atoms. The third-order valence-corrected chi connectivity index (χ3v) is 2.76. The highest BCUT2D eigenvalue weighted by Crippen LogP contribution is 2.15. The lowest BCUT2D eigenvalue weighted by molar-refractivity contribution is -0.384. The molecule has 2 rings (SSSR count). The number of nitro groups is 1. The lowest BCUT2D eigenvalue weighted by atomic mass is 10.1. The fourth-order valence-corrected chi connectivity index (χ4v) is 1.69. The average molecular weight is 268 g/mol. The van der Waals surface area contributed by atoms with Crippen molar-refractivity contribution in [2.75, 3.05) is 5.73 Å². The summed E-state index contributed by atoms with van der Waals surface area (Å²) < 4.78 is 0. The highest BCUT2D eigenvalue weighted by molar-refractivity contribution is 6.10. The van der Waals surface area contributed by atoms with Gasteiger partial charge in [-0.15, -0.1) is 0 Å². The Bertz CT molecular complexity index is 676. The number of nitrogens with two attached hydrogens (primary N) is 1. The van der Waals surface area contributed by atoms with Gasteiger partial charge in [0, 0.05) is 23.4 Å². The molecular weight excluding hydrogens is 256 g/mol. The maximum atomic E-state index is 11.9. The molecule has 2 aromatic rings. The largest absolute Gasteiger partial charge is 0.398 e. The van der Waals surface area contributed by atoms with Gasteiger partial charge in [-0.05, 0) is 35.9 Å². The SMILES string of the molecule is Nc1ccccc1C(=O)/C=C/c1ccc([N+](=O)[O-])cc1. The molecule has 0 aromatic heterocycles. The maximum absolute atomic E-state index is 11.9. The van der Waals surface area contributed by atoms with Crippen LogP contribution in [0.4, 0.5) is 11.4 Å². The summed E-state index contributed by atoms with van der Waals surface area (Å²) in [5, 5.41) is 10.5. The zero-order valence-electron chi connectivity index (χ0n) is 10.5. The van der Waals surface area contributed by atoms with Crippen molar-refractivity contribution in [3.05, 3.63) is 75.8 Å². The van der Waals surface area contributed by atoms with Crippen LogP contribution in [0, 0.1) is 10.1 Å². The molecule has 2 N–H and O–H groups in total. The van der Waals surface area contributed by atoms with Crippen LogP contribution < -0.4 is 5.73 Å². The molecule has 0 atom stereocenters. The number of ketones is 1. The second-order valence-corrected chi connectivity index (χ2v) is 4.13. The van der Waals surface area contributed by atoms with Gasteiger partial charge in [0.1, 0.15) is 0 Å². The van der Waals surface area contributed by atoms with Crippen LogP contribution in [0.3, 0.4) is 0 Å². The van der Waals surface area contributed by atoms with Crippen LogP contribution in [0.1, 0.15) is 15.9 Å². The molecule has 0 aliphatic carbocycles. The van der Waals surface area contributed by atoms with Gasteiger partial charge in [-0.3, -0.25) is 14.9 Å². The summed E-state index contributed by atoms with van der Waals surface area (Å²) in [6, 6.07) is 12.7. The molecule has 0 saturated heterocycles. The van der Waals surface area contributed by atoms with Crippen LogP contribution in [0.15, 0.2) is 54.6 Å². The number of rotatable bonds is 4. The lowest BCUT2D eigenvalue weighted by Crippen LogP contribution is -1.99. The van der Waals surface area contributed by atoms with Crippen molar-refractivity contribution in [3.8, 4) is 0 Å². The predicted molar refractivity (Wildman–Crippen MR) is 77.3 cm³/mol. The molecule has 5 nitrogen and oxygen atoms in total. The Morgan fingerprint density at radius 1 is 1.10 bits per heavy atom. The molecular formula is C15H12N2O3. The summed E-state index contributed by atoms with van der Waals surface area (Å²) in [6.45, 7) is 0. The van der Waals surface area contributed by atoms with Crippen molar-refractivity contribution in [1.29, 1.82) is 0 Å². The maximum Gasteiger partial charge on any atom is 0.269 e. The molecule has 0 radical (unpaired) electrons. The summed E-state index contributed by atoms with van der Waals surface area (Å²) in [5.74, 6) is -0.207. The summed E-state index contributed by atoms with van der Waals surface area (Å²) in [6.07, 6.45) is 2.99. The third kappa shape index (κ3) is 3.08. The van der Waals surface area contributed by atoms with Crippen LogP contribution in [-0.4, -0.2) is 10.7 Å². The predicted octanol–water partition coefficient (Wildman–Crippen LogP) is 3.07. The molecule has 0 unspecified atom stereocenters. The van der Waals surface area contributed by atoms with Gasteiger partial charge in [-0.25, -0.2) is 0 Å². The fourth-order valence-electron chi connectivity index (χ4n) is 1.69. The zero-order chi connectivity index (χ0) is 14.5. The van der Waals surface area contributed by atoms with E-state index < -0.39 is 4.92 Å². The first-order chi connectivity index (χ1) is 9.58. The molecule has 100 valence electrons. The molecule has 0 aliphatic heterocycles. The van der Waals surface area contributed by atoms with E-state index in [1.165, 1.54) is 18.2 Å². The molecule has 2 aromatic carbocycles. The molecule has 0 saturated carbocycles. The minimum absolute atomic E-state index is 0.0146.